The molecule has 1 N–H and O–H groups in total. The second kappa shape index (κ2) is 11.3. The minimum Gasteiger partial charge on any atom is -0.497 e. The van der Waals surface area contributed by atoms with E-state index in [1.807, 2.05) is 12.1 Å². The maximum absolute atomic E-state index is 12.5. The van der Waals surface area contributed by atoms with Crippen molar-refractivity contribution in [3.8, 4) is 17.2 Å². The lowest BCUT2D eigenvalue weighted by Crippen LogP contribution is -2.45. The van der Waals surface area contributed by atoms with Gasteiger partial charge >= 0.3 is 0 Å². The fourth-order valence-electron chi connectivity index (χ4n) is 3.80. The van der Waals surface area contributed by atoms with Gasteiger partial charge in [0.05, 0.1) is 27.9 Å². The van der Waals surface area contributed by atoms with E-state index in [1.165, 1.54) is 16.9 Å². The van der Waals surface area contributed by atoms with Gasteiger partial charge in [0.2, 0.25) is 5.01 Å². The van der Waals surface area contributed by atoms with Crippen LogP contribution in [0.1, 0.15) is 20.4 Å². The van der Waals surface area contributed by atoms with E-state index in [1.54, 1.807) is 45.6 Å². The number of nitrogens with zero attached hydrogens (tertiary/aromatic N) is 4. The molecule has 0 spiro atoms. The Labute approximate surface area is 203 Å². The molecule has 0 bridgehead atoms. The van der Waals surface area contributed by atoms with Crippen LogP contribution in [0.15, 0.2) is 42.5 Å². The molecule has 0 atom stereocenters. The summed E-state index contributed by atoms with van der Waals surface area (Å²) in [6, 6.07) is 13.2. The molecule has 10 heteroatoms. The van der Waals surface area contributed by atoms with Crippen LogP contribution in [-0.4, -0.2) is 73.4 Å². The number of benzene rings is 2. The molecule has 1 aliphatic heterocycles. The summed E-state index contributed by atoms with van der Waals surface area (Å²) >= 11 is 1.33. The fourth-order valence-corrected chi connectivity index (χ4v) is 4.58. The lowest BCUT2D eigenvalue weighted by molar-refractivity contribution is 0.102. The van der Waals surface area contributed by atoms with Gasteiger partial charge in [-0.25, -0.2) is 0 Å². The largest absolute Gasteiger partial charge is 0.497 e. The summed E-state index contributed by atoms with van der Waals surface area (Å²) in [5.41, 5.74) is 1.89. The summed E-state index contributed by atoms with van der Waals surface area (Å²) in [6.07, 6.45) is 0. The van der Waals surface area contributed by atoms with E-state index >= 15 is 0 Å². The van der Waals surface area contributed by atoms with E-state index in [-0.39, 0.29) is 5.91 Å². The lowest BCUT2D eigenvalue weighted by Gasteiger charge is -2.34. The van der Waals surface area contributed by atoms with Gasteiger partial charge in [0, 0.05) is 38.4 Å². The molecule has 0 unspecified atom stereocenters. The van der Waals surface area contributed by atoms with Crippen molar-refractivity contribution in [2.45, 2.75) is 13.1 Å². The Morgan fingerprint density at radius 3 is 2.21 bits per heavy atom. The van der Waals surface area contributed by atoms with Gasteiger partial charge in [0.15, 0.2) is 11.5 Å². The summed E-state index contributed by atoms with van der Waals surface area (Å²) in [5, 5.41) is 12.4. The van der Waals surface area contributed by atoms with Crippen molar-refractivity contribution < 1.29 is 19.0 Å². The average molecular weight is 484 g/mol. The second-order valence-corrected chi connectivity index (χ2v) is 8.99. The number of methoxy groups -OCH3 is 3. The molecule has 0 radical (unpaired) electrons. The zero-order chi connectivity index (χ0) is 23.9. The third-order valence-corrected chi connectivity index (χ3v) is 6.59. The molecule has 1 aromatic heterocycles. The van der Waals surface area contributed by atoms with Crippen molar-refractivity contribution >= 4 is 22.9 Å². The van der Waals surface area contributed by atoms with Gasteiger partial charge in [-0.2, -0.15) is 0 Å². The number of ether oxygens (including phenoxy) is 3. The first-order chi connectivity index (χ1) is 16.6. The Balaban J connectivity index is 1.25. The van der Waals surface area contributed by atoms with E-state index in [4.69, 9.17) is 14.2 Å². The standard InChI is InChI=1S/C24H29N5O4S/c1-31-19-7-5-18(6-8-19)25-23(30)24-27-26-22(34-24)16-29-12-10-28(11-13-29)15-17-4-9-20(32-2)21(14-17)33-3/h4-9,14H,10-13,15-16H2,1-3H3,(H,25,30). The van der Waals surface area contributed by atoms with Gasteiger partial charge < -0.3 is 19.5 Å². The number of nitrogens with one attached hydrogen (secondary N) is 1. The van der Waals surface area contributed by atoms with Gasteiger partial charge in [0.25, 0.3) is 5.91 Å². The quantitative estimate of drug-likeness (QED) is 0.497. The van der Waals surface area contributed by atoms with Crippen LogP contribution < -0.4 is 19.5 Å². The number of hydrogen-bond donors (Lipinski definition) is 1. The van der Waals surface area contributed by atoms with Crippen molar-refractivity contribution in [1.29, 1.82) is 0 Å². The lowest BCUT2D eigenvalue weighted by atomic mass is 10.1. The van der Waals surface area contributed by atoms with Crippen LogP contribution in [0.2, 0.25) is 0 Å². The Hall–Kier alpha value is -3.21. The number of aromatic nitrogens is 2. The third-order valence-electron chi connectivity index (χ3n) is 5.69. The smallest absolute Gasteiger partial charge is 0.286 e. The number of amides is 1. The van der Waals surface area contributed by atoms with E-state index < -0.39 is 0 Å². The number of hydrogen-bond acceptors (Lipinski definition) is 9. The minimum atomic E-state index is -0.256. The summed E-state index contributed by atoms with van der Waals surface area (Å²) in [4.78, 5) is 17.3. The van der Waals surface area contributed by atoms with Gasteiger partial charge in [0.1, 0.15) is 10.8 Å². The number of piperazine rings is 1. The third kappa shape index (κ3) is 6.02. The molecule has 1 saturated heterocycles. The zero-order valence-electron chi connectivity index (χ0n) is 19.6. The fraction of sp³-hybridized carbons (Fsp3) is 0.375. The Kier molecular flexibility index (Phi) is 7.94. The molecular weight excluding hydrogens is 454 g/mol. The molecule has 0 aliphatic carbocycles. The monoisotopic (exact) mass is 483 g/mol. The second-order valence-electron chi connectivity index (χ2n) is 7.93. The maximum Gasteiger partial charge on any atom is 0.286 e. The Morgan fingerprint density at radius 1 is 0.882 bits per heavy atom. The molecular formula is C24H29N5O4S. The Morgan fingerprint density at radius 2 is 1.56 bits per heavy atom. The highest BCUT2D eigenvalue weighted by atomic mass is 32.1. The van der Waals surface area contributed by atoms with E-state index in [9.17, 15) is 4.79 Å². The highest BCUT2D eigenvalue weighted by molar-refractivity contribution is 7.13. The van der Waals surface area contributed by atoms with Crippen LogP contribution in [0.25, 0.3) is 0 Å². The first-order valence-electron chi connectivity index (χ1n) is 11.0. The zero-order valence-corrected chi connectivity index (χ0v) is 20.4. The molecule has 9 nitrogen and oxygen atoms in total. The van der Waals surface area contributed by atoms with Crippen molar-refractivity contribution in [2.24, 2.45) is 0 Å². The van der Waals surface area contributed by atoms with Crippen LogP contribution >= 0.6 is 11.3 Å². The van der Waals surface area contributed by atoms with Crippen molar-refractivity contribution in [2.75, 3.05) is 52.8 Å². The molecule has 180 valence electrons. The molecule has 3 aromatic rings. The van der Waals surface area contributed by atoms with Crippen LogP contribution in [0.3, 0.4) is 0 Å². The van der Waals surface area contributed by atoms with Crippen molar-refractivity contribution in [3.05, 3.63) is 58.0 Å². The molecule has 2 aromatic carbocycles. The predicted octanol–water partition coefficient (Wildman–Crippen LogP) is 3.13. The van der Waals surface area contributed by atoms with Crippen LogP contribution in [0, 0.1) is 0 Å². The SMILES string of the molecule is COc1ccc(NC(=O)c2nnc(CN3CCN(Cc4ccc(OC)c(OC)c4)CC3)s2)cc1. The summed E-state index contributed by atoms with van der Waals surface area (Å²) in [6.45, 7) is 5.33. The number of carbonyl (C=O) groups is 1. The van der Waals surface area contributed by atoms with E-state index in [0.717, 1.165) is 55.0 Å². The average Bonchev–Trinajstić information content (AvgIpc) is 3.34. The van der Waals surface area contributed by atoms with Gasteiger partial charge in [-0.3, -0.25) is 14.6 Å². The first kappa shape index (κ1) is 23.9. The molecule has 1 fully saturated rings. The van der Waals surface area contributed by atoms with Crippen LogP contribution in [0.5, 0.6) is 17.2 Å². The van der Waals surface area contributed by atoms with Crippen molar-refractivity contribution in [1.82, 2.24) is 20.0 Å². The molecule has 0 saturated carbocycles. The molecule has 1 amide bonds. The highest BCUT2D eigenvalue weighted by Gasteiger charge is 2.20. The maximum atomic E-state index is 12.5. The molecule has 1 aliphatic rings. The summed E-state index contributed by atoms with van der Waals surface area (Å²) in [5.74, 6) is 1.97. The van der Waals surface area contributed by atoms with Gasteiger partial charge in [-0.1, -0.05) is 17.4 Å². The van der Waals surface area contributed by atoms with Gasteiger partial charge in [-0.05, 0) is 42.0 Å². The number of carbonyl (C=O) groups excluding carboxylic acids is 1. The molecule has 34 heavy (non-hydrogen) atoms. The summed E-state index contributed by atoms with van der Waals surface area (Å²) in [7, 11) is 4.90. The first-order valence-corrected chi connectivity index (χ1v) is 11.8. The number of anilines is 1. The minimum absolute atomic E-state index is 0.256. The normalized spacial score (nSPS) is 14.6. The highest BCUT2D eigenvalue weighted by Crippen LogP contribution is 2.28. The molecule has 2 heterocycles. The van der Waals surface area contributed by atoms with E-state index in [2.05, 4.69) is 31.4 Å². The van der Waals surface area contributed by atoms with Gasteiger partial charge in [-0.15, -0.1) is 10.2 Å². The number of rotatable bonds is 9. The van der Waals surface area contributed by atoms with E-state index in [0.29, 0.717) is 17.2 Å². The summed E-state index contributed by atoms with van der Waals surface area (Å²) < 4.78 is 15.9. The van der Waals surface area contributed by atoms with Crippen molar-refractivity contribution in [3.63, 3.8) is 0 Å². The predicted molar refractivity (Wildman–Crippen MR) is 131 cm³/mol. The van der Waals surface area contributed by atoms with Crippen LogP contribution in [0.4, 0.5) is 5.69 Å². The Bertz CT molecular complexity index is 1100. The van der Waals surface area contributed by atoms with Crippen LogP contribution in [-0.2, 0) is 13.1 Å². The molecule has 4 rings (SSSR count). The topological polar surface area (TPSA) is 89.0 Å².